The SMILES string of the molecule is CC1=NNN(Cc2cc(Cl)ccc2/C=C/Br)N1. The highest BCUT2D eigenvalue weighted by molar-refractivity contribution is 9.11. The third kappa shape index (κ3) is 3.21. The Morgan fingerprint density at radius 2 is 2.35 bits per heavy atom. The van der Waals surface area contributed by atoms with Gasteiger partial charge in [0.1, 0.15) is 5.84 Å². The summed E-state index contributed by atoms with van der Waals surface area (Å²) in [7, 11) is 0. The molecule has 17 heavy (non-hydrogen) atoms. The minimum atomic E-state index is 0.661. The fourth-order valence-electron chi connectivity index (χ4n) is 1.57. The summed E-state index contributed by atoms with van der Waals surface area (Å²) in [5, 5.41) is 6.56. The van der Waals surface area contributed by atoms with E-state index in [0.717, 1.165) is 22.0 Å². The molecule has 0 aliphatic carbocycles. The summed E-state index contributed by atoms with van der Waals surface area (Å²) in [6.07, 6.45) is 1.98. The van der Waals surface area contributed by atoms with Gasteiger partial charge in [0.2, 0.25) is 0 Å². The van der Waals surface area contributed by atoms with Gasteiger partial charge in [-0.05, 0) is 41.2 Å². The molecule has 0 aromatic heterocycles. The van der Waals surface area contributed by atoms with E-state index in [1.165, 1.54) is 0 Å². The second-order valence-corrected chi connectivity index (χ2v) is 4.60. The molecule has 2 N–H and O–H groups in total. The van der Waals surface area contributed by atoms with Crippen LogP contribution in [-0.2, 0) is 6.54 Å². The Balaban J connectivity index is 2.16. The standard InChI is InChI=1S/C11H12BrClN4/c1-8-14-16-17(15-8)7-10-6-11(13)3-2-9(10)4-5-12/h2-6,16H,7H2,1H3,(H,14,15)/b5-4+. The summed E-state index contributed by atoms with van der Waals surface area (Å²) in [5.41, 5.74) is 8.18. The van der Waals surface area contributed by atoms with Gasteiger partial charge in [-0.2, -0.15) is 0 Å². The molecule has 0 amide bonds. The minimum absolute atomic E-state index is 0.661. The van der Waals surface area contributed by atoms with Gasteiger partial charge in [-0.15, -0.1) is 10.2 Å². The largest absolute Gasteiger partial charge is 0.286 e. The van der Waals surface area contributed by atoms with E-state index in [1.54, 1.807) is 5.12 Å². The van der Waals surface area contributed by atoms with Crippen molar-refractivity contribution < 1.29 is 0 Å². The number of benzene rings is 1. The smallest absolute Gasteiger partial charge is 0.136 e. The summed E-state index contributed by atoms with van der Waals surface area (Å²) in [4.78, 5) is 1.83. The predicted molar refractivity (Wildman–Crippen MR) is 74.3 cm³/mol. The lowest BCUT2D eigenvalue weighted by atomic mass is 10.1. The van der Waals surface area contributed by atoms with Crippen LogP contribution in [-0.4, -0.2) is 11.0 Å². The van der Waals surface area contributed by atoms with Crippen LogP contribution in [0.4, 0.5) is 0 Å². The van der Waals surface area contributed by atoms with Crippen LogP contribution in [0.5, 0.6) is 0 Å². The van der Waals surface area contributed by atoms with Crippen molar-refractivity contribution >= 4 is 39.4 Å². The molecular weight excluding hydrogens is 304 g/mol. The third-order valence-electron chi connectivity index (χ3n) is 2.31. The van der Waals surface area contributed by atoms with Crippen molar-refractivity contribution in [3.8, 4) is 0 Å². The first-order valence-electron chi connectivity index (χ1n) is 5.08. The highest BCUT2D eigenvalue weighted by Gasteiger charge is 2.12. The van der Waals surface area contributed by atoms with Gasteiger partial charge >= 0.3 is 0 Å². The Labute approximate surface area is 113 Å². The van der Waals surface area contributed by atoms with Gasteiger partial charge in [0.25, 0.3) is 0 Å². The molecule has 1 aromatic carbocycles. The molecule has 0 saturated carbocycles. The molecule has 0 spiro atoms. The number of hydrazine groups is 2. The Bertz CT molecular complexity index is 473. The maximum Gasteiger partial charge on any atom is 0.136 e. The van der Waals surface area contributed by atoms with Crippen molar-refractivity contribution in [2.45, 2.75) is 13.5 Å². The molecule has 0 radical (unpaired) electrons. The highest BCUT2D eigenvalue weighted by Crippen LogP contribution is 2.19. The number of hydrazone groups is 1. The molecule has 4 nitrogen and oxygen atoms in total. The van der Waals surface area contributed by atoms with E-state index in [4.69, 9.17) is 11.6 Å². The van der Waals surface area contributed by atoms with Crippen LogP contribution in [0.15, 0.2) is 28.3 Å². The number of nitrogens with zero attached hydrogens (tertiary/aromatic N) is 2. The van der Waals surface area contributed by atoms with Gasteiger partial charge in [-0.25, -0.2) is 5.53 Å². The van der Waals surface area contributed by atoms with E-state index in [9.17, 15) is 0 Å². The molecule has 1 aliphatic heterocycles. The molecule has 0 bridgehead atoms. The second-order valence-electron chi connectivity index (χ2n) is 3.63. The first-order chi connectivity index (χ1) is 8.19. The average Bonchev–Trinajstić information content (AvgIpc) is 2.68. The van der Waals surface area contributed by atoms with E-state index < -0.39 is 0 Å². The van der Waals surface area contributed by atoms with Crippen LogP contribution >= 0.6 is 27.5 Å². The first kappa shape index (κ1) is 12.4. The van der Waals surface area contributed by atoms with Crippen molar-refractivity contribution in [1.82, 2.24) is 16.1 Å². The second kappa shape index (κ2) is 5.53. The highest BCUT2D eigenvalue weighted by atomic mass is 79.9. The van der Waals surface area contributed by atoms with Crippen molar-refractivity contribution in [1.29, 1.82) is 0 Å². The quantitative estimate of drug-likeness (QED) is 0.901. The summed E-state index contributed by atoms with van der Waals surface area (Å²) < 4.78 is 0. The van der Waals surface area contributed by atoms with Crippen molar-refractivity contribution in [2.24, 2.45) is 5.10 Å². The van der Waals surface area contributed by atoms with Gasteiger partial charge in [0, 0.05) is 5.02 Å². The van der Waals surface area contributed by atoms with E-state index in [2.05, 4.69) is 32.0 Å². The zero-order chi connectivity index (χ0) is 12.3. The molecule has 0 atom stereocenters. The molecule has 0 fully saturated rings. The van der Waals surface area contributed by atoms with E-state index in [-0.39, 0.29) is 0 Å². The van der Waals surface area contributed by atoms with Crippen LogP contribution in [0.1, 0.15) is 18.1 Å². The summed E-state index contributed by atoms with van der Waals surface area (Å²) in [6.45, 7) is 2.55. The van der Waals surface area contributed by atoms with E-state index >= 15 is 0 Å². The molecule has 1 heterocycles. The van der Waals surface area contributed by atoms with Gasteiger partial charge < -0.3 is 0 Å². The molecule has 6 heteroatoms. The van der Waals surface area contributed by atoms with Crippen molar-refractivity contribution in [2.75, 3.05) is 0 Å². The van der Waals surface area contributed by atoms with Gasteiger partial charge in [-0.3, -0.25) is 5.43 Å². The van der Waals surface area contributed by atoms with Crippen LogP contribution in [0, 0.1) is 0 Å². The molecule has 1 aromatic rings. The van der Waals surface area contributed by atoms with Gasteiger partial charge in [0.05, 0.1) is 6.54 Å². The zero-order valence-corrected chi connectivity index (χ0v) is 11.6. The number of hydrogen-bond donors (Lipinski definition) is 2. The van der Waals surface area contributed by atoms with Crippen molar-refractivity contribution in [3.63, 3.8) is 0 Å². The third-order valence-corrected chi connectivity index (χ3v) is 2.81. The number of nitrogens with one attached hydrogen (secondary N) is 2. The van der Waals surface area contributed by atoms with Gasteiger partial charge in [0.15, 0.2) is 0 Å². The molecule has 0 saturated heterocycles. The lowest BCUT2D eigenvalue weighted by Crippen LogP contribution is -2.40. The van der Waals surface area contributed by atoms with E-state index in [0.29, 0.717) is 6.54 Å². The first-order valence-corrected chi connectivity index (χ1v) is 6.38. The minimum Gasteiger partial charge on any atom is -0.286 e. The van der Waals surface area contributed by atoms with E-state index in [1.807, 2.05) is 36.2 Å². The Hall–Kier alpha value is -1.04. The lowest BCUT2D eigenvalue weighted by Gasteiger charge is -2.17. The fourth-order valence-corrected chi connectivity index (χ4v) is 2.05. The Morgan fingerprint density at radius 3 is 3.00 bits per heavy atom. The Morgan fingerprint density at radius 1 is 1.53 bits per heavy atom. The molecule has 2 rings (SSSR count). The molecule has 0 unspecified atom stereocenters. The van der Waals surface area contributed by atoms with Crippen LogP contribution < -0.4 is 11.0 Å². The molecule has 1 aliphatic rings. The van der Waals surface area contributed by atoms with Crippen molar-refractivity contribution in [3.05, 3.63) is 39.3 Å². The van der Waals surface area contributed by atoms with Crippen LogP contribution in [0.3, 0.4) is 0 Å². The summed E-state index contributed by atoms with van der Waals surface area (Å²) in [6, 6.07) is 5.81. The summed E-state index contributed by atoms with van der Waals surface area (Å²) >= 11 is 9.29. The number of rotatable bonds is 3. The number of halogens is 2. The zero-order valence-electron chi connectivity index (χ0n) is 9.24. The summed E-state index contributed by atoms with van der Waals surface area (Å²) in [5.74, 6) is 0.838. The normalized spacial score (nSPS) is 15.8. The average molecular weight is 316 g/mol. The maximum absolute atomic E-state index is 6.01. The number of amidine groups is 1. The van der Waals surface area contributed by atoms with Crippen LogP contribution in [0.25, 0.3) is 6.08 Å². The number of hydrogen-bond acceptors (Lipinski definition) is 4. The maximum atomic E-state index is 6.01. The fraction of sp³-hybridized carbons (Fsp3) is 0.182. The Kier molecular flexibility index (Phi) is 4.04. The molecule has 90 valence electrons. The topological polar surface area (TPSA) is 39.7 Å². The molecular formula is C11H12BrClN4. The van der Waals surface area contributed by atoms with Crippen LogP contribution in [0.2, 0.25) is 5.02 Å². The predicted octanol–water partition coefficient (Wildman–Crippen LogP) is 2.86. The lowest BCUT2D eigenvalue weighted by molar-refractivity contribution is 0.169. The monoisotopic (exact) mass is 314 g/mol. The van der Waals surface area contributed by atoms with Gasteiger partial charge in [-0.1, -0.05) is 33.6 Å².